The molecule has 7 nitrogen and oxygen atoms in total. The lowest BCUT2D eigenvalue weighted by molar-refractivity contribution is 0.295. The minimum absolute atomic E-state index is 0.308. The van der Waals surface area contributed by atoms with Gasteiger partial charge >= 0.3 is 0 Å². The van der Waals surface area contributed by atoms with Gasteiger partial charge in [0.05, 0.1) is 11.4 Å². The Morgan fingerprint density at radius 3 is 2.37 bits per heavy atom. The lowest BCUT2D eigenvalue weighted by Crippen LogP contribution is -2.28. The SMILES string of the molecule is Nc1ncnc2c1c(-c1ccc(Oc3ccccc3)cc1)nn2C1CCN(I)CC1. The standard InChI is InChI=1S/C22H21IN6O/c23-28-12-10-16(11-13-28)29-22-19(21(24)25-14-26-22)20(27-29)15-6-8-18(9-7-15)30-17-4-2-1-3-5-17/h1-9,14,16H,10-13H2,(H2,24,25,26). The van der Waals surface area contributed by atoms with Crippen molar-refractivity contribution in [1.29, 1.82) is 0 Å². The highest BCUT2D eigenvalue weighted by atomic mass is 127. The first kappa shape index (κ1) is 19.3. The number of aromatic nitrogens is 4. The van der Waals surface area contributed by atoms with E-state index in [1.807, 2.05) is 59.3 Å². The summed E-state index contributed by atoms with van der Waals surface area (Å²) >= 11 is 2.38. The molecule has 0 spiro atoms. The van der Waals surface area contributed by atoms with Gasteiger partial charge in [0.2, 0.25) is 0 Å². The number of nitrogens with zero attached hydrogens (tertiary/aromatic N) is 5. The molecule has 4 aromatic rings. The summed E-state index contributed by atoms with van der Waals surface area (Å²) in [5.74, 6) is 2.03. The molecule has 8 heteroatoms. The van der Waals surface area contributed by atoms with Crippen LogP contribution in [-0.4, -0.2) is 36.0 Å². The molecule has 30 heavy (non-hydrogen) atoms. The molecule has 0 aliphatic carbocycles. The van der Waals surface area contributed by atoms with Crippen molar-refractivity contribution < 1.29 is 4.74 Å². The van der Waals surface area contributed by atoms with Crippen molar-refractivity contribution in [3.8, 4) is 22.8 Å². The maximum absolute atomic E-state index is 6.25. The van der Waals surface area contributed by atoms with E-state index in [4.69, 9.17) is 15.6 Å². The summed E-state index contributed by atoms with van der Waals surface area (Å²) in [4.78, 5) is 8.74. The molecule has 0 amide bonds. The van der Waals surface area contributed by atoms with Gasteiger partial charge in [0.15, 0.2) is 5.65 Å². The number of nitrogen functional groups attached to an aromatic ring is 1. The van der Waals surface area contributed by atoms with Gasteiger partial charge in [-0.15, -0.1) is 0 Å². The van der Waals surface area contributed by atoms with Crippen LogP contribution in [0.2, 0.25) is 0 Å². The van der Waals surface area contributed by atoms with Gasteiger partial charge in [-0.1, -0.05) is 18.2 Å². The normalized spacial score (nSPS) is 15.5. The Morgan fingerprint density at radius 1 is 0.933 bits per heavy atom. The second-order valence-electron chi connectivity index (χ2n) is 7.33. The maximum atomic E-state index is 6.25. The van der Waals surface area contributed by atoms with Crippen molar-refractivity contribution in [3.05, 3.63) is 60.9 Å². The second kappa shape index (κ2) is 8.19. The highest BCUT2D eigenvalue weighted by Gasteiger charge is 2.25. The fourth-order valence-electron chi connectivity index (χ4n) is 3.84. The van der Waals surface area contributed by atoms with Crippen LogP contribution in [0, 0.1) is 0 Å². The van der Waals surface area contributed by atoms with Crippen LogP contribution in [0.25, 0.3) is 22.3 Å². The lowest BCUT2D eigenvalue weighted by atomic mass is 10.1. The third-order valence-corrected chi connectivity index (χ3v) is 6.35. The van der Waals surface area contributed by atoms with Gasteiger partial charge in [0.25, 0.3) is 0 Å². The molecule has 0 radical (unpaired) electrons. The number of hydrogen-bond donors (Lipinski definition) is 1. The molecule has 0 unspecified atom stereocenters. The number of nitrogens with two attached hydrogens (primary N) is 1. The highest BCUT2D eigenvalue weighted by molar-refractivity contribution is 14.1. The van der Waals surface area contributed by atoms with Crippen molar-refractivity contribution in [2.75, 3.05) is 18.8 Å². The van der Waals surface area contributed by atoms with Crippen LogP contribution in [0.1, 0.15) is 18.9 Å². The molecule has 2 aromatic heterocycles. The van der Waals surface area contributed by atoms with Crippen LogP contribution in [-0.2, 0) is 0 Å². The Morgan fingerprint density at radius 2 is 1.63 bits per heavy atom. The van der Waals surface area contributed by atoms with Crippen LogP contribution < -0.4 is 10.5 Å². The van der Waals surface area contributed by atoms with Crippen LogP contribution in [0.5, 0.6) is 11.5 Å². The zero-order valence-corrected chi connectivity index (χ0v) is 18.4. The van der Waals surface area contributed by atoms with Crippen LogP contribution >= 0.6 is 22.9 Å². The van der Waals surface area contributed by atoms with Crippen LogP contribution in [0.15, 0.2) is 60.9 Å². The number of piperidine rings is 1. The summed E-state index contributed by atoms with van der Waals surface area (Å²) in [6.07, 6.45) is 3.59. The summed E-state index contributed by atoms with van der Waals surface area (Å²) in [6.45, 7) is 2.07. The molecular weight excluding hydrogens is 491 g/mol. The molecule has 1 saturated heterocycles. The van der Waals surface area contributed by atoms with Crippen molar-refractivity contribution in [2.24, 2.45) is 0 Å². The molecule has 2 N–H and O–H groups in total. The Hall–Kier alpha value is -2.72. The van der Waals surface area contributed by atoms with E-state index < -0.39 is 0 Å². The number of halogens is 1. The largest absolute Gasteiger partial charge is 0.457 e. The van der Waals surface area contributed by atoms with Crippen molar-refractivity contribution in [2.45, 2.75) is 18.9 Å². The van der Waals surface area contributed by atoms with Crippen molar-refractivity contribution in [3.63, 3.8) is 0 Å². The van der Waals surface area contributed by atoms with Crippen LogP contribution in [0.4, 0.5) is 5.82 Å². The predicted octanol–water partition coefficient (Wildman–Crippen LogP) is 4.85. The smallest absolute Gasteiger partial charge is 0.164 e. The van der Waals surface area contributed by atoms with Gasteiger partial charge in [0, 0.05) is 41.5 Å². The number of fused-ring (bicyclic) bond motifs is 1. The number of anilines is 1. The molecule has 1 fully saturated rings. The van der Waals surface area contributed by atoms with Gasteiger partial charge < -0.3 is 10.5 Å². The van der Waals surface area contributed by atoms with E-state index in [-0.39, 0.29) is 0 Å². The lowest BCUT2D eigenvalue weighted by Gasteiger charge is -2.27. The Bertz CT molecular complexity index is 1150. The third-order valence-electron chi connectivity index (χ3n) is 5.38. The molecule has 0 bridgehead atoms. The van der Waals surface area contributed by atoms with Gasteiger partial charge in [-0.25, -0.2) is 17.8 Å². The summed E-state index contributed by atoms with van der Waals surface area (Å²) in [6, 6.07) is 17.9. The van der Waals surface area contributed by atoms with E-state index in [0.29, 0.717) is 11.9 Å². The number of rotatable bonds is 4. The van der Waals surface area contributed by atoms with Crippen molar-refractivity contribution >= 4 is 39.7 Å². The molecule has 2 aromatic carbocycles. The first-order chi connectivity index (χ1) is 14.7. The molecule has 5 rings (SSSR count). The summed E-state index contributed by atoms with van der Waals surface area (Å²) in [7, 11) is 0. The Labute approximate surface area is 188 Å². The average Bonchev–Trinajstić information content (AvgIpc) is 3.17. The number of para-hydroxylation sites is 1. The zero-order chi connectivity index (χ0) is 20.5. The van der Waals surface area contributed by atoms with E-state index in [9.17, 15) is 0 Å². The Kier molecular flexibility index (Phi) is 5.26. The number of benzene rings is 2. The molecule has 152 valence electrons. The molecule has 3 heterocycles. The average molecular weight is 512 g/mol. The van der Waals surface area contributed by atoms with E-state index in [2.05, 4.69) is 35.9 Å². The molecular formula is C22H21IN6O. The fraction of sp³-hybridized carbons (Fsp3) is 0.227. The second-order valence-corrected chi connectivity index (χ2v) is 8.70. The first-order valence-electron chi connectivity index (χ1n) is 9.92. The minimum atomic E-state index is 0.308. The van der Waals surface area contributed by atoms with Gasteiger partial charge in [0.1, 0.15) is 29.3 Å². The molecule has 0 saturated carbocycles. The minimum Gasteiger partial charge on any atom is -0.457 e. The topological polar surface area (TPSA) is 82.1 Å². The van der Waals surface area contributed by atoms with Gasteiger partial charge in [-0.3, -0.25) is 0 Å². The van der Waals surface area contributed by atoms with E-state index in [1.165, 1.54) is 6.33 Å². The van der Waals surface area contributed by atoms with E-state index >= 15 is 0 Å². The molecule has 1 aliphatic heterocycles. The monoisotopic (exact) mass is 512 g/mol. The molecule has 1 aliphatic rings. The predicted molar refractivity (Wildman–Crippen MR) is 126 cm³/mol. The van der Waals surface area contributed by atoms with Gasteiger partial charge in [-0.2, -0.15) is 5.10 Å². The highest BCUT2D eigenvalue weighted by Crippen LogP contribution is 2.35. The zero-order valence-electron chi connectivity index (χ0n) is 16.3. The Balaban J connectivity index is 1.51. The summed E-state index contributed by atoms with van der Waals surface area (Å²) in [5, 5.41) is 5.77. The van der Waals surface area contributed by atoms with E-state index in [1.54, 1.807) is 0 Å². The summed E-state index contributed by atoms with van der Waals surface area (Å²) < 4.78 is 10.3. The fourth-order valence-corrected chi connectivity index (χ4v) is 4.39. The number of ether oxygens (including phenoxy) is 1. The third kappa shape index (κ3) is 3.72. The number of hydrogen-bond acceptors (Lipinski definition) is 6. The summed E-state index contributed by atoms with van der Waals surface area (Å²) in [5.41, 5.74) is 8.83. The van der Waals surface area contributed by atoms with Gasteiger partial charge in [-0.05, 0) is 49.2 Å². The first-order valence-corrected chi connectivity index (χ1v) is 10.9. The maximum Gasteiger partial charge on any atom is 0.164 e. The molecule has 0 atom stereocenters. The van der Waals surface area contributed by atoms with Crippen LogP contribution in [0.3, 0.4) is 0 Å². The quantitative estimate of drug-likeness (QED) is 0.311. The van der Waals surface area contributed by atoms with Crippen molar-refractivity contribution in [1.82, 2.24) is 22.9 Å². The van der Waals surface area contributed by atoms with E-state index in [0.717, 1.165) is 59.7 Å².